The summed E-state index contributed by atoms with van der Waals surface area (Å²) in [6, 6.07) is 11.4. The molecule has 1 aromatic carbocycles. The fourth-order valence-corrected chi connectivity index (χ4v) is 2.49. The molecule has 0 amide bonds. The van der Waals surface area contributed by atoms with E-state index in [-0.39, 0.29) is 0 Å². The Hall–Kier alpha value is -1.61. The molecular weight excluding hydrogens is 246 g/mol. The van der Waals surface area contributed by atoms with E-state index < -0.39 is 0 Å². The topological polar surface area (TPSA) is 29.9 Å². The molecule has 3 heteroatoms. The van der Waals surface area contributed by atoms with Crippen LogP contribution in [0.5, 0.6) is 0 Å². The molecule has 1 aromatic heterocycles. The number of nitrogens with zero attached hydrogens (tertiary/aromatic N) is 2. The van der Waals surface area contributed by atoms with Crippen LogP contribution in [-0.4, -0.2) is 22.1 Å². The van der Waals surface area contributed by atoms with Gasteiger partial charge in [0, 0.05) is 36.6 Å². The second-order valence-electron chi connectivity index (χ2n) is 5.29. The van der Waals surface area contributed by atoms with E-state index in [9.17, 15) is 0 Å². The molecule has 3 nitrogen and oxygen atoms in total. The van der Waals surface area contributed by atoms with Crippen LogP contribution in [0.15, 0.2) is 42.7 Å². The van der Waals surface area contributed by atoms with E-state index in [1.807, 2.05) is 12.3 Å². The van der Waals surface area contributed by atoms with E-state index in [4.69, 9.17) is 0 Å². The van der Waals surface area contributed by atoms with E-state index in [1.165, 1.54) is 18.4 Å². The van der Waals surface area contributed by atoms with Crippen molar-refractivity contribution in [2.24, 2.45) is 0 Å². The van der Waals surface area contributed by atoms with Gasteiger partial charge in [0.1, 0.15) is 5.82 Å². The normalized spacial score (nSPS) is 12.8. The van der Waals surface area contributed by atoms with Crippen LogP contribution in [0.1, 0.15) is 39.7 Å². The van der Waals surface area contributed by atoms with Crippen molar-refractivity contribution in [3.63, 3.8) is 0 Å². The van der Waals surface area contributed by atoms with Crippen molar-refractivity contribution in [1.82, 2.24) is 14.9 Å². The minimum Gasteiger partial charge on any atom is -0.327 e. The van der Waals surface area contributed by atoms with Crippen LogP contribution in [-0.2, 0) is 0 Å². The summed E-state index contributed by atoms with van der Waals surface area (Å²) in [4.78, 5) is 4.51. The molecule has 1 unspecified atom stereocenters. The fraction of sp³-hybridized carbons (Fsp3) is 0.471. The molecule has 0 bridgehead atoms. The maximum Gasteiger partial charge on any atom is 0.140 e. The number of imidazole rings is 1. The Morgan fingerprint density at radius 2 is 1.85 bits per heavy atom. The third-order valence-electron chi connectivity index (χ3n) is 3.86. The largest absolute Gasteiger partial charge is 0.327 e. The van der Waals surface area contributed by atoms with Gasteiger partial charge in [0.05, 0.1) is 0 Å². The predicted molar refractivity (Wildman–Crippen MR) is 84.7 cm³/mol. The number of hydrogen-bond acceptors (Lipinski definition) is 2. The second-order valence-corrected chi connectivity index (χ2v) is 5.29. The number of nitrogens with one attached hydrogen (secondary N) is 1. The van der Waals surface area contributed by atoms with Gasteiger partial charge >= 0.3 is 0 Å². The van der Waals surface area contributed by atoms with Gasteiger partial charge in [-0.05, 0) is 19.8 Å². The molecule has 1 atom stereocenters. The average Bonchev–Trinajstić information content (AvgIpc) is 2.98. The van der Waals surface area contributed by atoms with E-state index >= 15 is 0 Å². The smallest absolute Gasteiger partial charge is 0.140 e. The molecule has 2 rings (SSSR count). The van der Waals surface area contributed by atoms with Crippen molar-refractivity contribution < 1.29 is 0 Å². The van der Waals surface area contributed by atoms with Crippen LogP contribution in [0.3, 0.4) is 0 Å². The van der Waals surface area contributed by atoms with Gasteiger partial charge in [-0.15, -0.1) is 0 Å². The van der Waals surface area contributed by atoms with E-state index in [0.717, 1.165) is 12.4 Å². The van der Waals surface area contributed by atoms with Crippen molar-refractivity contribution in [2.75, 3.05) is 6.54 Å². The van der Waals surface area contributed by atoms with E-state index in [0.29, 0.717) is 12.1 Å². The quantitative estimate of drug-likeness (QED) is 0.828. The third-order valence-corrected chi connectivity index (χ3v) is 3.86. The first kappa shape index (κ1) is 14.8. The molecule has 0 aliphatic carbocycles. The summed E-state index contributed by atoms with van der Waals surface area (Å²) in [6.07, 6.45) is 6.31. The number of aromatic nitrogens is 2. The summed E-state index contributed by atoms with van der Waals surface area (Å²) >= 11 is 0. The zero-order chi connectivity index (χ0) is 14.4. The molecule has 0 aliphatic heterocycles. The van der Waals surface area contributed by atoms with Gasteiger partial charge in [0.15, 0.2) is 0 Å². The highest BCUT2D eigenvalue weighted by molar-refractivity contribution is 5.55. The molecule has 0 fully saturated rings. The van der Waals surface area contributed by atoms with Crippen LogP contribution in [0.25, 0.3) is 11.4 Å². The highest BCUT2D eigenvalue weighted by Gasteiger charge is 2.12. The van der Waals surface area contributed by atoms with Gasteiger partial charge in [-0.1, -0.05) is 44.2 Å². The zero-order valence-electron chi connectivity index (χ0n) is 12.7. The van der Waals surface area contributed by atoms with Crippen molar-refractivity contribution in [2.45, 2.75) is 45.7 Å². The Morgan fingerprint density at radius 1 is 1.15 bits per heavy atom. The molecule has 0 spiro atoms. The molecule has 108 valence electrons. The first-order valence-electron chi connectivity index (χ1n) is 7.57. The van der Waals surface area contributed by atoms with E-state index in [1.54, 1.807) is 0 Å². The molecule has 2 aromatic rings. The lowest BCUT2D eigenvalue weighted by Gasteiger charge is -2.21. The van der Waals surface area contributed by atoms with Gasteiger partial charge in [0.2, 0.25) is 0 Å². The van der Waals surface area contributed by atoms with Gasteiger partial charge < -0.3 is 9.88 Å². The Bertz CT molecular complexity index is 500. The minimum atomic E-state index is 0.397. The Kier molecular flexibility index (Phi) is 5.36. The standard InChI is InChI=1S/C17H25N3/c1-4-16(5-2)19-13-14(3)20-12-11-18-17(20)15-9-7-6-8-10-15/h6-12,14,16,19H,4-5,13H2,1-3H3. The summed E-state index contributed by atoms with van der Waals surface area (Å²) in [5, 5.41) is 3.64. The number of rotatable bonds is 7. The van der Waals surface area contributed by atoms with Crippen LogP contribution < -0.4 is 5.32 Å². The highest BCUT2D eigenvalue weighted by Crippen LogP contribution is 2.20. The van der Waals surface area contributed by atoms with Crippen molar-refractivity contribution >= 4 is 0 Å². The molecule has 1 heterocycles. The van der Waals surface area contributed by atoms with Crippen LogP contribution in [0.4, 0.5) is 0 Å². The lowest BCUT2D eigenvalue weighted by Crippen LogP contribution is -2.32. The first-order chi connectivity index (χ1) is 9.76. The number of hydrogen-bond donors (Lipinski definition) is 1. The molecule has 0 saturated heterocycles. The first-order valence-corrected chi connectivity index (χ1v) is 7.57. The summed E-state index contributed by atoms with van der Waals surface area (Å²) < 4.78 is 2.25. The summed E-state index contributed by atoms with van der Waals surface area (Å²) in [7, 11) is 0. The third kappa shape index (κ3) is 3.48. The highest BCUT2D eigenvalue weighted by atomic mass is 15.1. The second kappa shape index (κ2) is 7.25. The lowest BCUT2D eigenvalue weighted by atomic mass is 10.1. The van der Waals surface area contributed by atoms with Crippen LogP contribution >= 0.6 is 0 Å². The Labute approximate surface area is 122 Å². The van der Waals surface area contributed by atoms with Gasteiger partial charge in [-0.2, -0.15) is 0 Å². The Balaban J connectivity index is 2.08. The minimum absolute atomic E-state index is 0.397. The molecule has 0 saturated carbocycles. The summed E-state index contributed by atoms with van der Waals surface area (Å²) in [6.45, 7) is 7.68. The maximum atomic E-state index is 4.51. The van der Waals surface area contributed by atoms with Gasteiger partial charge in [-0.25, -0.2) is 4.98 Å². The van der Waals surface area contributed by atoms with Crippen LogP contribution in [0, 0.1) is 0 Å². The van der Waals surface area contributed by atoms with E-state index in [2.05, 4.69) is 66.1 Å². The lowest BCUT2D eigenvalue weighted by molar-refractivity contribution is 0.423. The number of benzene rings is 1. The Morgan fingerprint density at radius 3 is 2.50 bits per heavy atom. The average molecular weight is 271 g/mol. The van der Waals surface area contributed by atoms with Gasteiger partial charge in [-0.3, -0.25) is 0 Å². The fourth-order valence-electron chi connectivity index (χ4n) is 2.49. The predicted octanol–water partition coefficient (Wildman–Crippen LogP) is 3.89. The summed E-state index contributed by atoms with van der Waals surface area (Å²) in [5.41, 5.74) is 1.17. The molecule has 0 radical (unpaired) electrons. The SMILES string of the molecule is CCC(CC)NCC(C)n1ccnc1-c1ccccc1. The van der Waals surface area contributed by atoms with Gasteiger partial charge in [0.25, 0.3) is 0 Å². The monoisotopic (exact) mass is 271 g/mol. The van der Waals surface area contributed by atoms with Crippen molar-refractivity contribution in [1.29, 1.82) is 0 Å². The molecule has 0 aliphatic rings. The molecular formula is C17H25N3. The van der Waals surface area contributed by atoms with Crippen molar-refractivity contribution in [3.05, 3.63) is 42.7 Å². The maximum absolute atomic E-state index is 4.51. The van der Waals surface area contributed by atoms with Crippen LogP contribution in [0.2, 0.25) is 0 Å². The van der Waals surface area contributed by atoms with Crippen molar-refractivity contribution in [3.8, 4) is 11.4 Å². The molecule has 1 N–H and O–H groups in total. The summed E-state index contributed by atoms with van der Waals surface area (Å²) in [5.74, 6) is 1.05. The molecule has 20 heavy (non-hydrogen) atoms. The zero-order valence-corrected chi connectivity index (χ0v) is 12.7.